The van der Waals surface area contributed by atoms with Crippen LogP contribution in [0.5, 0.6) is 5.75 Å². The summed E-state index contributed by atoms with van der Waals surface area (Å²) in [4.78, 5) is 11.5. The predicted octanol–water partition coefficient (Wildman–Crippen LogP) is 3.78. The number of hydrogen-bond donors (Lipinski definition) is 1. The molecule has 0 saturated heterocycles. The Kier molecular flexibility index (Phi) is 3.46. The molecule has 1 N–H and O–H groups in total. The molecule has 0 bridgehead atoms. The summed E-state index contributed by atoms with van der Waals surface area (Å²) in [6, 6.07) is 2.57. The minimum atomic E-state index is -0.599. The number of Topliss-reactive ketones (excluding diaryl/α,β-unsaturated/α-hetero) is 1. The van der Waals surface area contributed by atoms with Gasteiger partial charge >= 0.3 is 0 Å². The second-order valence-electron chi connectivity index (χ2n) is 4.78. The lowest BCUT2D eigenvalue weighted by atomic mass is 9.81. The third kappa shape index (κ3) is 2.48. The zero-order valence-corrected chi connectivity index (χ0v) is 10.0. The van der Waals surface area contributed by atoms with Gasteiger partial charge in [0.25, 0.3) is 0 Å². The Hall–Kier alpha value is -1.38. The topological polar surface area (TPSA) is 37.3 Å². The highest BCUT2D eigenvalue weighted by atomic mass is 19.1. The Morgan fingerprint density at radius 2 is 1.94 bits per heavy atom. The van der Waals surface area contributed by atoms with Gasteiger partial charge in [-0.3, -0.25) is 4.79 Å². The third-order valence-electron chi connectivity index (χ3n) is 3.50. The van der Waals surface area contributed by atoms with Crippen LogP contribution in [0.1, 0.15) is 60.9 Å². The van der Waals surface area contributed by atoms with Crippen molar-refractivity contribution >= 4 is 5.78 Å². The molecule has 1 aliphatic carbocycles. The van der Waals surface area contributed by atoms with Gasteiger partial charge in [-0.2, -0.15) is 0 Å². The van der Waals surface area contributed by atoms with Crippen molar-refractivity contribution < 1.29 is 14.3 Å². The Morgan fingerprint density at radius 3 is 2.53 bits per heavy atom. The number of phenolic OH excluding ortho intramolecular Hbond substituents is 1. The molecule has 0 unspecified atom stereocenters. The van der Waals surface area contributed by atoms with Crippen molar-refractivity contribution in [2.75, 3.05) is 0 Å². The van der Waals surface area contributed by atoms with Gasteiger partial charge in [0, 0.05) is 6.07 Å². The van der Waals surface area contributed by atoms with Crippen molar-refractivity contribution in [3.8, 4) is 5.75 Å². The van der Waals surface area contributed by atoms with Crippen LogP contribution in [0.3, 0.4) is 0 Å². The molecule has 0 heterocycles. The van der Waals surface area contributed by atoms with Crippen LogP contribution >= 0.6 is 0 Å². The van der Waals surface area contributed by atoms with Crippen molar-refractivity contribution in [1.82, 2.24) is 0 Å². The molecule has 0 radical (unpaired) electrons. The molecule has 1 aromatic rings. The highest BCUT2D eigenvalue weighted by molar-refractivity contribution is 5.96. The molecular weight excluding hydrogens is 219 g/mol. The number of ketones is 1. The monoisotopic (exact) mass is 236 g/mol. The third-order valence-corrected chi connectivity index (χ3v) is 3.50. The van der Waals surface area contributed by atoms with Crippen LogP contribution in [0.15, 0.2) is 12.1 Å². The van der Waals surface area contributed by atoms with E-state index in [9.17, 15) is 14.3 Å². The van der Waals surface area contributed by atoms with Gasteiger partial charge in [-0.05, 0) is 37.3 Å². The molecule has 0 spiro atoms. The van der Waals surface area contributed by atoms with Gasteiger partial charge in [-0.25, -0.2) is 4.39 Å². The van der Waals surface area contributed by atoms with Gasteiger partial charge in [0.2, 0.25) is 0 Å². The van der Waals surface area contributed by atoms with Crippen molar-refractivity contribution in [2.45, 2.75) is 44.9 Å². The molecule has 3 heteroatoms. The number of rotatable bonds is 2. The van der Waals surface area contributed by atoms with Crippen molar-refractivity contribution in [1.29, 1.82) is 0 Å². The first-order valence-corrected chi connectivity index (χ1v) is 6.13. The average molecular weight is 236 g/mol. The SMILES string of the molecule is CC(=O)c1c(F)cc(O)cc1C1CCCCC1. The van der Waals surface area contributed by atoms with E-state index in [-0.39, 0.29) is 23.0 Å². The van der Waals surface area contributed by atoms with Gasteiger partial charge in [0.15, 0.2) is 5.78 Å². The molecule has 1 fully saturated rings. The van der Waals surface area contributed by atoms with Gasteiger partial charge in [0.1, 0.15) is 11.6 Å². The number of halogens is 1. The maximum absolute atomic E-state index is 13.7. The quantitative estimate of drug-likeness (QED) is 0.793. The average Bonchev–Trinajstić information content (AvgIpc) is 2.28. The predicted molar refractivity (Wildman–Crippen MR) is 63.9 cm³/mol. The van der Waals surface area contributed by atoms with Gasteiger partial charge in [0.05, 0.1) is 5.56 Å². The Bertz CT molecular complexity index is 434. The lowest BCUT2D eigenvalue weighted by Gasteiger charge is -2.24. The van der Waals surface area contributed by atoms with Gasteiger partial charge in [-0.1, -0.05) is 19.3 Å². The fourth-order valence-corrected chi connectivity index (χ4v) is 2.72. The molecule has 2 rings (SSSR count). The maximum Gasteiger partial charge on any atom is 0.163 e. The normalized spacial score (nSPS) is 17.1. The van der Waals surface area contributed by atoms with E-state index in [2.05, 4.69) is 0 Å². The van der Waals surface area contributed by atoms with Crippen LogP contribution < -0.4 is 0 Å². The number of carbonyl (C=O) groups is 1. The minimum Gasteiger partial charge on any atom is -0.508 e. The lowest BCUT2D eigenvalue weighted by molar-refractivity contribution is 0.101. The van der Waals surface area contributed by atoms with E-state index in [4.69, 9.17) is 0 Å². The number of carbonyl (C=O) groups excluding carboxylic acids is 1. The molecule has 2 nitrogen and oxygen atoms in total. The van der Waals surface area contributed by atoms with E-state index in [0.717, 1.165) is 31.7 Å². The number of hydrogen-bond acceptors (Lipinski definition) is 2. The summed E-state index contributed by atoms with van der Waals surface area (Å²) in [7, 11) is 0. The Morgan fingerprint density at radius 1 is 1.29 bits per heavy atom. The largest absolute Gasteiger partial charge is 0.508 e. The zero-order valence-electron chi connectivity index (χ0n) is 10.0. The van der Waals surface area contributed by atoms with Crippen LogP contribution in [0.25, 0.3) is 0 Å². The van der Waals surface area contributed by atoms with E-state index < -0.39 is 5.82 Å². The molecule has 1 saturated carbocycles. The van der Waals surface area contributed by atoms with Crippen molar-refractivity contribution in [3.63, 3.8) is 0 Å². The fraction of sp³-hybridized carbons (Fsp3) is 0.500. The zero-order chi connectivity index (χ0) is 12.4. The van der Waals surface area contributed by atoms with E-state index in [1.807, 2.05) is 0 Å². The van der Waals surface area contributed by atoms with Crippen molar-refractivity contribution in [3.05, 3.63) is 29.1 Å². The van der Waals surface area contributed by atoms with Crippen LogP contribution in [-0.4, -0.2) is 10.9 Å². The molecule has 0 aromatic heterocycles. The second kappa shape index (κ2) is 4.86. The van der Waals surface area contributed by atoms with E-state index >= 15 is 0 Å². The first kappa shape index (κ1) is 12.1. The summed E-state index contributed by atoms with van der Waals surface area (Å²) in [6.07, 6.45) is 5.37. The summed E-state index contributed by atoms with van der Waals surface area (Å²) in [5.41, 5.74) is 0.851. The molecule has 1 aromatic carbocycles. The highest BCUT2D eigenvalue weighted by Crippen LogP contribution is 2.37. The van der Waals surface area contributed by atoms with E-state index in [0.29, 0.717) is 5.56 Å². The maximum atomic E-state index is 13.7. The van der Waals surface area contributed by atoms with E-state index in [1.165, 1.54) is 13.3 Å². The van der Waals surface area contributed by atoms with Crippen molar-refractivity contribution in [2.24, 2.45) is 0 Å². The molecule has 0 aliphatic heterocycles. The summed E-state index contributed by atoms with van der Waals surface area (Å²) < 4.78 is 13.7. The first-order valence-electron chi connectivity index (χ1n) is 6.13. The smallest absolute Gasteiger partial charge is 0.163 e. The summed E-state index contributed by atoms with van der Waals surface area (Å²) in [5.74, 6) is -0.738. The van der Waals surface area contributed by atoms with Gasteiger partial charge in [-0.15, -0.1) is 0 Å². The first-order chi connectivity index (χ1) is 8.09. The summed E-state index contributed by atoms with van der Waals surface area (Å²) in [6.45, 7) is 1.38. The molecule has 0 atom stereocenters. The number of phenols is 1. The molecular formula is C14H17FO2. The lowest BCUT2D eigenvalue weighted by Crippen LogP contribution is -2.11. The highest BCUT2D eigenvalue weighted by Gasteiger charge is 2.23. The number of aromatic hydroxyl groups is 1. The minimum absolute atomic E-state index is 0.0897. The Balaban J connectivity index is 2.46. The van der Waals surface area contributed by atoms with Crippen LogP contribution in [0.4, 0.5) is 4.39 Å². The van der Waals surface area contributed by atoms with E-state index in [1.54, 1.807) is 6.07 Å². The van der Waals surface area contributed by atoms with Crippen LogP contribution in [0, 0.1) is 5.82 Å². The van der Waals surface area contributed by atoms with Gasteiger partial charge < -0.3 is 5.11 Å². The molecule has 1 aliphatic rings. The van der Waals surface area contributed by atoms with Crippen LogP contribution in [-0.2, 0) is 0 Å². The summed E-state index contributed by atoms with van der Waals surface area (Å²) >= 11 is 0. The summed E-state index contributed by atoms with van der Waals surface area (Å²) in [5, 5.41) is 9.48. The molecule has 0 amide bonds. The Labute approximate surface area is 100 Å². The molecule has 92 valence electrons. The number of benzene rings is 1. The standard InChI is InChI=1S/C14H17FO2/c1-9(16)14-12(7-11(17)8-13(14)15)10-5-3-2-4-6-10/h7-8,10,17H,2-6H2,1H3. The van der Waals surface area contributed by atoms with Crippen LogP contribution in [0.2, 0.25) is 0 Å². The molecule has 17 heavy (non-hydrogen) atoms. The second-order valence-corrected chi connectivity index (χ2v) is 4.78. The fourth-order valence-electron chi connectivity index (χ4n) is 2.72.